The summed E-state index contributed by atoms with van der Waals surface area (Å²) in [5, 5.41) is 3.28. The molecule has 0 amide bonds. The molecule has 0 bridgehead atoms. The molecule has 2 rings (SSSR count). The maximum Gasteiger partial charge on any atom is 0.279 e. The lowest BCUT2D eigenvalue weighted by Crippen LogP contribution is -2.48. The molecule has 2 aliphatic rings. The van der Waals surface area contributed by atoms with Crippen molar-refractivity contribution in [3.05, 3.63) is 0 Å². The van der Waals surface area contributed by atoms with Crippen LogP contribution in [-0.2, 0) is 14.9 Å². The van der Waals surface area contributed by atoms with E-state index in [1.807, 2.05) is 0 Å². The van der Waals surface area contributed by atoms with Gasteiger partial charge in [-0.2, -0.15) is 17.4 Å². The van der Waals surface area contributed by atoms with Crippen LogP contribution < -0.4 is 10.0 Å². The average Bonchev–Trinajstić information content (AvgIpc) is 2.44. The summed E-state index contributed by atoms with van der Waals surface area (Å²) >= 11 is 0. The minimum Gasteiger partial charge on any atom is -0.377 e. The molecule has 2 fully saturated rings. The Labute approximate surface area is 128 Å². The van der Waals surface area contributed by atoms with Gasteiger partial charge in [-0.25, -0.2) is 0 Å². The molecule has 6 nitrogen and oxygen atoms in total. The van der Waals surface area contributed by atoms with Gasteiger partial charge in [-0.15, -0.1) is 0 Å². The molecule has 0 radical (unpaired) electrons. The predicted molar refractivity (Wildman–Crippen MR) is 83.3 cm³/mol. The van der Waals surface area contributed by atoms with Crippen molar-refractivity contribution in [1.29, 1.82) is 0 Å². The average molecular weight is 319 g/mol. The first kappa shape index (κ1) is 17.1. The minimum atomic E-state index is -3.36. The highest BCUT2D eigenvalue weighted by molar-refractivity contribution is 7.87. The Morgan fingerprint density at radius 3 is 2.43 bits per heavy atom. The minimum absolute atomic E-state index is 0.269. The molecular weight excluding hydrogens is 290 g/mol. The maximum absolute atomic E-state index is 12.3. The maximum atomic E-state index is 12.3. The van der Waals surface area contributed by atoms with Gasteiger partial charge in [0.1, 0.15) is 0 Å². The fraction of sp³-hybridized carbons (Fsp3) is 1.00. The molecule has 0 saturated carbocycles. The third kappa shape index (κ3) is 5.49. The SMILES string of the molecule is CC1CC(C)CN(S(=O)(=O)NCCOC2CCNCC2)C1. The van der Waals surface area contributed by atoms with E-state index in [0.29, 0.717) is 38.1 Å². The standard InChI is InChI=1S/C14H29N3O3S/c1-12-9-13(2)11-17(10-12)21(18,19)16-7-8-20-14-3-5-15-6-4-14/h12-16H,3-11H2,1-2H3. The Morgan fingerprint density at radius 2 is 1.81 bits per heavy atom. The van der Waals surface area contributed by atoms with Crippen LogP contribution in [0.25, 0.3) is 0 Å². The van der Waals surface area contributed by atoms with Crippen LogP contribution in [0.4, 0.5) is 0 Å². The molecule has 21 heavy (non-hydrogen) atoms. The quantitative estimate of drug-likeness (QED) is 0.702. The van der Waals surface area contributed by atoms with E-state index in [-0.39, 0.29) is 6.10 Å². The van der Waals surface area contributed by atoms with Gasteiger partial charge in [0.15, 0.2) is 0 Å². The van der Waals surface area contributed by atoms with E-state index in [2.05, 4.69) is 23.9 Å². The summed E-state index contributed by atoms with van der Waals surface area (Å²) in [4.78, 5) is 0. The normalized spacial score (nSPS) is 29.6. The largest absolute Gasteiger partial charge is 0.377 e. The molecule has 2 atom stereocenters. The van der Waals surface area contributed by atoms with Crippen LogP contribution in [0.5, 0.6) is 0 Å². The van der Waals surface area contributed by atoms with Crippen molar-refractivity contribution in [3.63, 3.8) is 0 Å². The smallest absolute Gasteiger partial charge is 0.279 e. The van der Waals surface area contributed by atoms with Gasteiger partial charge >= 0.3 is 0 Å². The molecule has 2 N–H and O–H groups in total. The molecule has 0 aromatic rings. The molecule has 0 aliphatic carbocycles. The van der Waals surface area contributed by atoms with Gasteiger partial charge in [0.05, 0.1) is 12.7 Å². The third-order valence-corrected chi connectivity index (χ3v) is 5.75. The van der Waals surface area contributed by atoms with Gasteiger partial charge in [-0.05, 0) is 44.2 Å². The zero-order valence-electron chi connectivity index (χ0n) is 13.2. The first-order valence-corrected chi connectivity index (χ1v) is 9.48. The summed E-state index contributed by atoms with van der Waals surface area (Å²) in [5.41, 5.74) is 0. The van der Waals surface area contributed by atoms with Crippen molar-refractivity contribution in [2.24, 2.45) is 11.8 Å². The van der Waals surface area contributed by atoms with Crippen molar-refractivity contribution in [2.75, 3.05) is 39.3 Å². The van der Waals surface area contributed by atoms with Gasteiger partial charge in [-0.3, -0.25) is 0 Å². The van der Waals surface area contributed by atoms with E-state index in [1.54, 1.807) is 4.31 Å². The fourth-order valence-electron chi connectivity index (χ4n) is 3.25. The van der Waals surface area contributed by atoms with Gasteiger partial charge in [0, 0.05) is 19.6 Å². The van der Waals surface area contributed by atoms with Crippen molar-refractivity contribution in [1.82, 2.24) is 14.3 Å². The highest BCUT2D eigenvalue weighted by Gasteiger charge is 2.30. The molecule has 2 unspecified atom stereocenters. The van der Waals surface area contributed by atoms with Gasteiger partial charge in [0.25, 0.3) is 10.2 Å². The molecule has 0 aromatic carbocycles. The Hall–Kier alpha value is -0.210. The van der Waals surface area contributed by atoms with E-state index in [0.717, 1.165) is 32.4 Å². The van der Waals surface area contributed by atoms with E-state index >= 15 is 0 Å². The lowest BCUT2D eigenvalue weighted by atomic mass is 9.94. The van der Waals surface area contributed by atoms with E-state index in [9.17, 15) is 8.42 Å². The lowest BCUT2D eigenvalue weighted by Gasteiger charge is -2.34. The molecule has 0 spiro atoms. The number of ether oxygens (including phenoxy) is 1. The first-order valence-electron chi connectivity index (χ1n) is 8.04. The highest BCUT2D eigenvalue weighted by atomic mass is 32.2. The van der Waals surface area contributed by atoms with Crippen LogP contribution in [0.15, 0.2) is 0 Å². The summed E-state index contributed by atoms with van der Waals surface area (Å²) < 4.78 is 34.5. The Morgan fingerprint density at radius 1 is 1.19 bits per heavy atom. The second-order valence-corrected chi connectivity index (χ2v) is 8.24. The van der Waals surface area contributed by atoms with Crippen LogP contribution >= 0.6 is 0 Å². The Bertz CT molecular complexity index is 400. The molecule has 2 aliphatic heterocycles. The van der Waals surface area contributed by atoms with Crippen LogP contribution in [0.3, 0.4) is 0 Å². The molecule has 2 saturated heterocycles. The van der Waals surface area contributed by atoms with Gasteiger partial charge in [0.2, 0.25) is 0 Å². The number of piperidine rings is 2. The third-order valence-electron chi connectivity index (χ3n) is 4.20. The molecule has 0 aromatic heterocycles. The number of nitrogens with one attached hydrogen (secondary N) is 2. The summed E-state index contributed by atoms with van der Waals surface area (Å²) in [7, 11) is -3.36. The topological polar surface area (TPSA) is 70.7 Å². The molecule has 2 heterocycles. The second-order valence-electron chi connectivity index (χ2n) is 6.48. The van der Waals surface area contributed by atoms with Crippen LogP contribution in [-0.4, -0.2) is 58.2 Å². The van der Waals surface area contributed by atoms with E-state index in [1.165, 1.54) is 0 Å². The Kier molecular flexibility index (Phi) is 6.43. The lowest BCUT2D eigenvalue weighted by molar-refractivity contribution is 0.0365. The van der Waals surface area contributed by atoms with Crippen molar-refractivity contribution < 1.29 is 13.2 Å². The second kappa shape index (κ2) is 7.87. The number of hydrogen-bond acceptors (Lipinski definition) is 4. The van der Waals surface area contributed by atoms with Crippen LogP contribution in [0, 0.1) is 11.8 Å². The number of nitrogens with zero attached hydrogens (tertiary/aromatic N) is 1. The van der Waals surface area contributed by atoms with E-state index < -0.39 is 10.2 Å². The van der Waals surface area contributed by atoms with Crippen molar-refractivity contribution in [3.8, 4) is 0 Å². The molecular formula is C14H29N3O3S. The summed E-state index contributed by atoms with van der Waals surface area (Å²) in [5.74, 6) is 0.854. The first-order chi connectivity index (χ1) is 9.97. The zero-order chi connectivity index (χ0) is 15.3. The van der Waals surface area contributed by atoms with Crippen molar-refractivity contribution in [2.45, 2.75) is 39.2 Å². The Balaban J connectivity index is 1.70. The predicted octanol–water partition coefficient (Wildman–Crippen LogP) is 0.567. The van der Waals surface area contributed by atoms with Crippen LogP contribution in [0.1, 0.15) is 33.1 Å². The van der Waals surface area contributed by atoms with Crippen LogP contribution in [0.2, 0.25) is 0 Å². The summed E-state index contributed by atoms with van der Waals surface area (Å²) in [6.07, 6.45) is 3.39. The number of hydrogen-bond donors (Lipinski definition) is 2. The summed E-state index contributed by atoms with van der Waals surface area (Å²) in [6.45, 7) is 8.23. The highest BCUT2D eigenvalue weighted by Crippen LogP contribution is 2.22. The number of rotatable bonds is 6. The summed E-state index contributed by atoms with van der Waals surface area (Å²) in [6, 6.07) is 0. The molecule has 124 valence electrons. The van der Waals surface area contributed by atoms with Gasteiger partial charge in [-0.1, -0.05) is 13.8 Å². The molecule has 7 heteroatoms. The van der Waals surface area contributed by atoms with Gasteiger partial charge < -0.3 is 10.1 Å². The monoisotopic (exact) mass is 319 g/mol. The fourth-order valence-corrected chi connectivity index (χ4v) is 4.68. The zero-order valence-corrected chi connectivity index (χ0v) is 14.0. The van der Waals surface area contributed by atoms with Crippen molar-refractivity contribution >= 4 is 10.2 Å². The van der Waals surface area contributed by atoms with E-state index in [4.69, 9.17) is 4.74 Å².